The first-order chi connectivity index (χ1) is 26.4. The summed E-state index contributed by atoms with van der Waals surface area (Å²) in [6.45, 7) is 8.67. The summed E-state index contributed by atoms with van der Waals surface area (Å²) < 4.78 is 4.75. The number of aromatic nitrogens is 4. The van der Waals surface area contributed by atoms with Crippen LogP contribution in [0.4, 0.5) is 9.59 Å². The van der Waals surface area contributed by atoms with E-state index in [4.69, 9.17) is 4.74 Å². The van der Waals surface area contributed by atoms with Crippen LogP contribution in [0.2, 0.25) is 0 Å². The second-order valence-electron chi connectivity index (χ2n) is 15.0. The third kappa shape index (κ3) is 8.43. The number of alkyl carbamates (subject to hydrolysis) is 1. The standard InChI is InChI=1S/C41H51N9O5/c1-24(2)34(46-40(53)48(5)6)38(51)49-20-8-10-32(49)36-42-22-30(44-36)28-16-12-26(13-17-28)27-14-18-29(19-15-27)31-23-43-37(45-31)33-11-9-21-50(33)39(52)35(25(3)4)47-41(54)55-7/h8,10,12-19,22-25,32-35H,9,11,20-21H2,1-7H3,(H,42,44)(H,43,45)(H,46,53)(H,47,54)/t32-,33-,34?,35-/m0/s1. The Hall–Kier alpha value is -5.92. The number of carbonyl (C=O) groups excluding carboxylic acids is 4. The van der Waals surface area contributed by atoms with Crippen LogP contribution < -0.4 is 10.6 Å². The van der Waals surface area contributed by atoms with Crippen LogP contribution in [-0.4, -0.2) is 105 Å². The van der Waals surface area contributed by atoms with Crippen molar-refractivity contribution in [1.29, 1.82) is 0 Å². The van der Waals surface area contributed by atoms with Gasteiger partial charge in [0.15, 0.2) is 0 Å². The minimum absolute atomic E-state index is 0.0904. The minimum Gasteiger partial charge on any atom is -0.453 e. The molecule has 0 spiro atoms. The van der Waals surface area contributed by atoms with Crippen LogP contribution in [0.3, 0.4) is 0 Å². The SMILES string of the molecule is COC(=O)N[C@H](C(=O)N1CCC[C@H]1c1ncc(-c2ccc(-c3ccc(-c4cnc([C@@H]5C=CCN5C(=O)C(NC(=O)N(C)C)C(C)C)[nH]4)cc3)cc2)[nH]1)C(C)C. The monoisotopic (exact) mass is 749 g/mol. The number of rotatable bonds is 11. The molecular weight excluding hydrogens is 699 g/mol. The largest absolute Gasteiger partial charge is 0.453 e. The first-order valence-electron chi connectivity index (χ1n) is 18.8. The van der Waals surface area contributed by atoms with E-state index in [1.165, 1.54) is 12.0 Å². The number of ether oxygens (including phenoxy) is 1. The number of aromatic amines is 2. The molecule has 0 bridgehead atoms. The molecule has 0 radical (unpaired) electrons. The van der Waals surface area contributed by atoms with Crippen LogP contribution in [0.15, 0.2) is 73.1 Å². The smallest absolute Gasteiger partial charge is 0.407 e. The quantitative estimate of drug-likeness (QED) is 0.138. The highest BCUT2D eigenvalue weighted by Gasteiger charge is 2.38. The van der Waals surface area contributed by atoms with Crippen molar-refractivity contribution in [3.05, 3.63) is 84.7 Å². The lowest BCUT2D eigenvalue weighted by Gasteiger charge is -2.31. The van der Waals surface area contributed by atoms with Crippen LogP contribution in [0.5, 0.6) is 0 Å². The lowest BCUT2D eigenvalue weighted by Crippen LogP contribution is -2.53. The second kappa shape index (κ2) is 16.6. The molecule has 290 valence electrons. The van der Waals surface area contributed by atoms with E-state index in [1.54, 1.807) is 36.3 Å². The molecule has 1 unspecified atom stereocenters. The number of amides is 5. The van der Waals surface area contributed by atoms with Gasteiger partial charge in [-0.3, -0.25) is 9.59 Å². The van der Waals surface area contributed by atoms with Gasteiger partial charge in [-0.15, -0.1) is 0 Å². The molecule has 5 amide bonds. The first kappa shape index (κ1) is 38.8. The maximum Gasteiger partial charge on any atom is 0.407 e. The molecule has 55 heavy (non-hydrogen) atoms. The Morgan fingerprint density at radius 3 is 1.82 bits per heavy atom. The van der Waals surface area contributed by atoms with Crippen molar-refractivity contribution in [2.75, 3.05) is 34.3 Å². The van der Waals surface area contributed by atoms with Gasteiger partial charge in [-0.1, -0.05) is 88.4 Å². The molecule has 2 aliphatic heterocycles. The fourth-order valence-corrected chi connectivity index (χ4v) is 7.10. The molecule has 1 saturated heterocycles. The van der Waals surface area contributed by atoms with Crippen molar-refractivity contribution in [1.82, 2.24) is 45.3 Å². The highest BCUT2D eigenvalue weighted by atomic mass is 16.5. The van der Waals surface area contributed by atoms with Crippen LogP contribution >= 0.6 is 0 Å². The molecule has 1 fully saturated rings. The molecule has 4 N–H and O–H groups in total. The zero-order valence-electron chi connectivity index (χ0n) is 32.5. The zero-order valence-corrected chi connectivity index (χ0v) is 32.5. The van der Waals surface area contributed by atoms with Crippen molar-refractivity contribution in [3.63, 3.8) is 0 Å². The lowest BCUT2D eigenvalue weighted by atomic mass is 10.0. The van der Waals surface area contributed by atoms with Crippen LogP contribution in [-0.2, 0) is 14.3 Å². The zero-order chi connectivity index (χ0) is 39.4. The van der Waals surface area contributed by atoms with E-state index in [2.05, 4.69) is 54.8 Å². The highest BCUT2D eigenvalue weighted by molar-refractivity contribution is 5.88. The molecule has 14 nitrogen and oxygen atoms in total. The molecule has 14 heteroatoms. The number of benzene rings is 2. The van der Waals surface area contributed by atoms with Gasteiger partial charge in [0.05, 0.1) is 36.9 Å². The van der Waals surface area contributed by atoms with E-state index < -0.39 is 18.2 Å². The van der Waals surface area contributed by atoms with Gasteiger partial charge in [0.2, 0.25) is 11.8 Å². The third-order valence-electron chi connectivity index (χ3n) is 10.3. The maximum absolute atomic E-state index is 13.6. The van der Waals surface area contributed by atoms with E-state index in [1.807, 2.05) is 64.1 Å². The summed E-state index contributed by atoms with van der Waals surface area (Å²) in [6.07, 6.45) is 8.49. The molecule has 2 aromatic heterocycles. The summed E-state index contributed by atoms with van der Waals surface area (Å²) in [7, 11) is 4.59. The van der Waals surface area contributed by atoms with Crippen molar-refractivity contribution in [2.24, 2.45) is 11.8 Å². The van der Waals surface area contributed by atoms with E-state index in [9.17, 15) is 19.2 Å². The van der Waals surface area contributed by atoms with Crippen molar-refractivity contribution >= 4 is 23.9 Å². The number of imidazole rings is 2. The maximum atomic E-state index is 13.6. The number of hydrogen-bond acceptors (Lipinski definition) is 7. The van der Waals surface area contributed by atoms with Crippen LogP contribution in [0.1, 0.15) is 64.3 Å². The molecule has 4 heterocycles. The molecule has 6 rings (SSSR count). The number of H-pyrrole nitrogens is 2. The Kier molecular flexibility index (Phi) is 11.7. The molecule has 2 aromatic carbocycles. The Morgan fingerprint density at radius 1 is 0.764 bits per heavy atom. The molecule has 4 atom stereocenters. The third-order valence-corrected chi connectivity index (χ3v) is 10.3. The second-order valence-corrected chi connectivity index (χ2v) is 15.0. The fourth-order valence-electron chi connectivity index (χ4n) is 7.10. The van der Waals surface area contributed by atoms with Gasteiger partial charge < -0.3 is 40.0 Å². The van der Waals surface area contributed by atoms with Gasteiger partial charge >= 0.3 is 12.1 Å². The van der Waals surface area contributed by atoms with Gasteiger partial charge in [0, 0.05) is 27.2 Å². The summed E-state index contributed by atoms with van der Waals surface area (Å²) in [5, 5.41) is 5.55. The molecule has 2 aliphatic rings. The topological polar surface area (TPSA) is 169 Å². The van der Waals surface area contributed by atoms with E-state index in [-0.39, 0.29) is 41.8 Å². The van der Waals surface area contributed by atoms with Crippen molar-refractivity contribution in [2.45, 2.75) is 64.7 Å². The van der Waals surface area contributed by atoms with Gasteiger partial charge in [-0.05, 0) is 46.9 Å². The van der Waals surface area contributed by atoms with E-state index >= 15 is 0 Å². The number of carbonyl (C=O) groups is 4. The summed E-state index contributed by atoms with van der Waals surface area (Å²) in [5.74, 6) is 0.887. The Balaban J connectivity index is 1.11. The van der Waals surface area contributed by atoms with E-state index in [0.29, 0.717) is 18.9 Å². The number of hydrogen-bond donors (Lipinski definition) is 4. The summed E-state index contributed by atoms with van der Waals surface area (Å²) in [4.78, 5) is 72.6. The van der Waals surface area contributed by atoms with Crippen LogP contribution in [0.25, 0.3) is 33.6 Å². The Labute approximate surface area is 321 Å². The average molecular weight is 750 g/mol. The van der Waals surface area contributed by atoms with Gasteiger partial charge in [-0.2, -0.15) is 0 Å². The van der Waals surface area contributed by atoms with Crippen LogP contribution in [0, 0.1) is 11.8 Å². The average Bonchev–Trinajstić information content (AvgIpc) is 4.02. The van der Waals surface area contributed by atoms with Gasteiger partial charge in [0.1, 0.15) is 29.8 Å². The van der Waals surface area contributed by atoms with Crippen molar-refractivity contribution < 1.29 is 23.9 Å². The van der Waals surface area contributed by atoms with E-state index in [0.717, 1.165) is 52.3 Å². The summed E-state index contributed by atoms with van der Waals surface area (Å²) >= 11 is 0. The van der Waals surface area contributed by atoms with Gasteiger partial charge in [0.25, 0.3) is 0 Å². The summed E-state index contributed by atoms with van der Waals surface area (Å²) in [6, 6.07) is 14.2. The Morgan fingerprint density at radius 2 is 1.27 bits per heavy atom. The number of nitrogens with one attached hydrogen (secondary N) is 4. The number of likely N-dealkylation sites (tertiary alicyclic amines) is 1. The minimum atomic E-state index is -0.688. The number of nitrogens with zero attached hydrogens (tertiary/aromatic N) is 5. The fraction of sp³-hybridized carbons (Fsp3) is 0.415. The predicted molar refractivity (Wildman–Crippen MR) is 209 cm³/mol. The predicted octanol–water partition coefficient (Wildman–Crippen LogP) is 5.91. The molecule has 0 aliphatic carbocycles. The number of methoxy groups -OCH3 is 1. The number of urea groups is 1. The van der Waals surface area contributed by atoms with Crippen molar-refractivity contribution in [3.8, 4) is 33.6 Å². The van der Waals surface area contributed by atoms with Gasteiger partial charge in [-0.25, -0.2) is 19.6 Å². The first-order valence-corrected chi connectivity index (χ1v) is 18.8. The highest BCUT2D eigenvalue weighted by Crippen LogP contribution is 2.34. The normalized spacial score (nSPS) is 17.8. The summed E-state index contributed by atoms with van der Waals surface area (Å²) in [5.41, 5.74) is 5.73. The molecule has 4 aromatic rings. The lowest BCUT2D eigenvalue weighted by molar-refractivity contribution is -0.136. The molecule has 0 saturated carbocycles. The Bertz CT molecular complexity index is 2020. The molecular formula is C41H51N9O5.